The van der Waals surface area contributed by atoms with E-state index in [1.807, 2.05) is 0 Å². The number of aryl methyl sites for hydroxylation is 2. The summed E-state index contributed by atoms with van der Waals surface area (Å²) < 4.78 is 0. The zero-order chi connectivity index (χ0) is 16.1. The van der Waals surface area contributed by atoms with E-state index < -0.39 is 0 Å². The minimum atomic E-state index is 1.18. The molecule has 1 aliphatic rings. The van der Waals surface area contributed by atoms with Crippen molar-refractivity contribution in [2.24, 2.45) is 0 Å². The van der Waals surface area contributed by atoms with Gasteiger partial charge < -0.3 is 4.90 Å². The van der Waals surface area contributed by atoms with Gasteiger partial charge in [0.05, 0.1) is 0 Å². The van der Waals surface area contributed by atoms with E-state index in [0.29, 0.717) is 0 Å². The van der Waals surface area contributed by atoms with Crippen molar-refractivity contribution in [1.82, 2.24) is 0 Å². The number of anilines is 2. The predicted molar refractivity (Wildman–Crippen MR) is 103 cm³/mol. The SMILES string of the molecule is CN(c1ccc2ccccc2c1)c1ccc2c3c(cccc13)CC2. The molecule has 0 saturated carbocycles. The fourth-order valence-corrected chi connectivity index (χ4v) is 4.05. The van der Waals surface area contributed by atoms with Gasteiger partial charge in [-0.2, -0.15) is 0 Å². The van der Waals surface area contributed by atoms with Gasteiger partial charge in [0.25, 0.3) is 0 Å². The van der Waals surface area contributed by atoms with E-state index in [4.69, 9.17) is 0 Å². The van der Waals surface area contributed by atoms with Gasteiger partial charge in [0.2, 0.25) is 0 Å². The number of benzene rings is 4. The van der Waals surface area contributed by atoms with Gasteiger partial charge in [-0.25, -0.2) is 0 Å². The second-order valence-electron chi connectivity index (χ2n) is 6.67. The average molecular weight is 309 g/mol. The monoisotopic (exact) mass is 309 g/mol. The summed E-state index contributed by atoms with van der Waals surface area (Å²) in [5.41, 5.74) is 5.51. The Kier molecular flexibility index (Phi) is 2.90. The molecule has 0 fully saturated rings. The summed E-state index contributed by atoms with van der Waals surface area (Å²) in [6.07, 6.45) is 2.35. The van der Waals surface area contributed by atoms with Crippen molar-refractivity contribution < 1.29 is 0 Å². The Hall–Kier alpha value is -2.80. The van der Waals surface area contributed by atoms with Crippen LogP contribution >= 0.6 is 0 Å². The summed E-state index contributed by atoms with van der Waals surface area (Å²) in [6, 6.07) is 26.6. The third-order valence-corrected chi connectivity index (χ3v) is 5.34. The third-order valence-electron chi connectivity index (χ3n) is 5.34. The molecule has 0 spiro atoms. The summed E-state index contributed by atoms with van der Waals surface area (Å²) in [5.74, 6) is 0. The van der Waals surface area contributed by atoms with Crippen molar-refractivity contribution in [2.45, 2.75) is 12.8 Å². The smallest absolute Gasteiger partial charge is 0.0488 e. The average Bonchev–Trinajstić information content (AvgIpc) is 3.06. The van der Waals surface area contributed by atoms with E-state index in [9.17, 15) is 0 Å². The first-order chi connectivity index (χ1) is 11.8. The second-order valence-corrected chi connectivity index (χ2v) is 6.67. The largest absolute Gasteiger partial charge is 0.344 e. The molecule has 0 bridgehead atoms. The molecule has 0 radical (unpaired) electrons. The van der Waals surface area contributed by atoms with Crippen molar-refractivity contribution in [1.29, 1.82) is 0 Å². The molecule has 4 aromatic rings. The molecule has 24 heavy (non-hydrogen) atoms. The van der Waals surface area contributed by atoms with Crippen LogP contribution in [0.25, 0.3) is 21.5 Å². The molecule has 0 aliphatic heterocycles. The molecule has 1 aliphatic carbocycles. The lowest BCUT2D eigenvalue weighted by atomic mass is 10.0. The van der Waals surface area contributed by atoms with Gasteiger partial charge in [0.15, 0.2) is 0 Å². The van der Waals surface area contributed by atoms with Crippen LogP contribution in [-0.2, 0) is 12.8 Å². The van der Waals surface area contributed by atoms with Crippen LogP contribution in [0.4, 0.5) is 11.4 Å². The molecule has 0 heterocycles. The van der Waals surface area contributed by atoms with Gasteiger partial charge >= 0.3 is 0 Å². The molecule has 1 nitrogen and oxygen atoms in total. The van der Waals surface area contributed by atoms with Gasteiger partial charge in [-0.3, -0.25) is 0 Å². The molecule has 0 unspecified atom stereocenters. The molecule has 0 amide bonds. The highest BCUT2D eigenvalue weighted by Gasteiger charge is 2.17. The Labute approximate surface area is 142 Å². The van der Waals surface area contributed by atoms with Crippen LogP contribution in [0.3, 0.4) is 0 Å². The molecular formula is C23H19N. The molecule has 1 heteroatoms. The van der Waals surface area contributed by atoms with Gasteiger partial charge in [-0.05, 0) is 58.3 Å². The molecular weight excluding hydrogens is 290 g/mol. The molecule has 0 N–H and O–H groups in total. The predicted octanol–water partition coefficient (Wildman–Crippen LogP) is 5.86. The highest BCUT2D eigenvalue weighted by atomic mass is 15.1. The van der Waals surface area contributed by atoms with E-state index >= 15 is 0 Å². The Morgan fingerprint density at radius 2 is 1.50 bits per heavy atom. The first-order valence-electron chi connectivity index (χ1n) is 8.57. The summed E-state index contributed by atoms with van der Waals surface area (Å²) in [4.78, 5) is 2.31. The van der Waals surface area contributed by atoms with Crippen LogP contribution < -0.4 is 4.90 Å². The second kappa shape index (κ2) is 5.10. The van der Waals surface area contributed by atoms with E-state index in [1.165, 1.54) is 56.9 Å². The van der Waals surface area contributed by atoms with Crippen molar-refractivity contribution in [3.05, 3.63) is 83.9 Å². The molecule has 5 rings (SSSR count). The molecule has 0 aromatic heterocycles. The summed E-state index contributed by atoms with van der Waals surface area (Å²) in [7, 11) is 2.17. The lowest BCUT2D eigenvalue weighted by Gasteiger charge is -2.22. The van der Waals surface area contributed by atoms with Crippen LogP contribution in [0, 0.1) is 0 Å². The van der Waals surface area contributed by atoms with Gasteiger partial charge in [0, 0.05) is 23.8 Å². The highest BCUT2D eigenvalue weighted by Crippen LogP contribution is 2.38. The van der Waals surface area contributed by atoms with Crippen LogP contribution in [0.5, 0.6) is 0 Å². The van der Waals surface area contributed by atoms with Crippen molar-refractivity contribution >= 4 is 32.9 Å². The minimum Gasteiger partial charge on any atom is -0.344 e. The summed E-state index contributed by atoms with van der Waals surface area (Å²) in [5, 5.41) is 5.42. The standard InChI is InChI=1S/C23H19N/c1-24(20-13-11-16-5-2-3-6-19(16)15-20)22-14-12-18-10-9-17-7-4-8-21(22)23(17)18/h2-8,11-15H,9-10H2,1H3. The molecule has 116 valence electrons. The van der Waals surface area contributed by atoms with Crippen LogP contribution in [0.15, 0.2) is 72.8 Å². The Morgan fingerprint density at radius 1 is 0.708 bits per heavy atom. The topological polar surface area (TPSA) is 3.24 Å². The number of hydrogen-bond acceptors (Lipinski definition) is 1. The number of nitrogens with zero attached hydrogens (tertiary/aromatic N) is 1. The Morgan fingerprint density at radius 3 is 2.38 bits per heavy atom. The summed E-state index contributed by atoms with van der Waals surface area (Å²) in [6.45, 7) is 0. The zero-order valence-corrected chi connectivity index (χ0v) is 13.8. The van der Waals surface area contributed by atoms with Crippen molar-refractivity contribution in [3.63, 3.8) is 0 Å². The Balaban J connectivity index is 1.69. The molecule has 0 atom stereocenters. The fourth-order valence-electron chi connectivity index (χ4n) is 4.05. The fraction of sp³-hybridized carbons (Fsp3) is 0.130. The van der Waals surface area contributed by atoms with E-state index in [1.54, 1.807) is 0 Å². The third kappa shape index (κ3) is 1.94. The minimum absolute atomic E-state index is 1.18. The maximum Gasteiger partial charge on any atom is 0.0488 e. The lowest BCUT2D eigenvalue weighted by Crippen LogP contribution is -2.10. The van der Waals surface area contributed by atoms with E-state index in [-0.39, 0.29) is 0 Å². The molecule has 0 saturated heterocycles. The van der Waals surface area contributed by atoms with Crippen LogP contribution in [0.2, 0.25) is 0 Å². The zero-order valence-electron chi connectivity index (χ0n) is 13.8. The summed E-state index contributed by atoms with van der Waals surface area (Å²) >= 11 is 0. The number of hydrogen-bond donors (Lipinski definition) is 0. The van der Waals surface area contributed by atoms with Gasteiger partial charge in [0.1, 0.15) is 0 Å². The van der Waals surface area contributed by atoms with Gasteiger partial charge in [-0.15, -0.1) is 0 Å². The maximum absolute atomic E-state index is 2.31. The number of fused-ring (bicyclic) bond motifs is 1. The maximum atomic E-state index is 2.31. The quantitative estimate of drug-likeness (QED) is 0.448. The Bertz CT molecular complexity index is 1070. The first kappa shape index (κ1) is 13.6. The first-order valence-corrected chi connectivity index (χ1v) is 8.57. The van der Waals surface area contributed by atoms with Crippen LogP contribution in [0.1, 0.15) is 11.1 Å². The van der Waals surface area contributed by atoms with Crippen LogP contribution in [-0.4, -0.2) is 7.05 Å². The number of rotatable bonds is 2. The molecule has 4 aromatic carbocycles. The van der Waals surface area contributed by atoms with E-state index in [0.717, 1.165) is 0 Å². The van der Waals surface area contributed by atoms with E-state index in [2.05, 4.69) is 84.7 Å². The van der Waals surface area contributed by atoms with Crippen molar-refractivity contribution in [2.75, 3.05) is 11.9 Å². The van der Waals surface area contributed by atoms with Crippen molar-refractivity contribution in [3.8, 4) is 0 Å². The highest BCUT2D eigenvalue weighted by molar-refractivity contribution is 6.01. The lowest BCUT2D eigenvalue weighted by molar-refractivity contribution is 1.02. The normalized spacial score (nSPS) is 12.9. The van der Waals surface area contributed by atoms with Gasteiger partial charge in [-0.1, -0.05) is 54.6 Å².